The van der Waals surface area contributed by atoms with Gasteiger partial charge >= 0.3 is 0 Å². The largest absolute Gasteiger partial charge is 0.390 e. The highest BCUT2D eigenvalue weighted by Gasteiger charge is 2.15. The second kappa shape index (κ2) is 4.72. The lowest BCUT2D eigenvalue weighted by molar-refractivity contribution is 0.0811. The van der Waals surface area contributed by atoms with Gasteiger partial charge in [0.1, 0.15) is 0 Å². The van der Waals surface area contributed by atoms with E-state index in [2.05, 4.69) is 24.3 Å². The van der Waals surface area contributed by atoms with E-state index in [-0.39, 0.29) is 0 Å². The summed E-state index contributed by atoms with van der Waals surface area (Å²) in [6, 6.07) is 18.5. The van der Waals surface area contributed by atoms with E-state index >= 15 is 0 Å². The molecular formula is C16H18O. The molecule has 0 atom stereocenters. The molecule has 0 aliphatic heterocycles. The summed E-state index contributed by atoms with van der Waals surface area (Å²) in [5.41, 5.74) is 2.92. The Kier molecular flexibility index (Phi) is 3.30. The van der Waals surface area contributed by atoms with Crippen molar-refractivity contribution in [2.24, 2.45) is 0 Å². The third kappa shape index (κ3) is 3.18. The number of hydrogen-bond donors (Lipinski definition) is 1. The van der Waals surface area contributed by atoms with Crippen LogP contribution in [-0.4, -0.2) is 10.7 Å². The summed E-state index contributed by atoms with van der Waals surface area (Å²) in [6.45, 7) is 3.68. The highest BCUT2D eigenvalue weighted by atomic mass is 16.3. The Hall–Kier alpha value is -1.60. The smallest absolute Gasteiger partial charge is 0.0632 e. The second-order valence-corrected chi connectivity index (χ2v) is 5.01. The summed E-state index contributed by atoms with van der Waals surface area (Å²) in [6.07, 6.45) is 0.665. The standard InChI is InChI=1S/C16H18O/c1-16(2,17)12-14-10-6-7-11-15(14)13-8-4-3-5-9-13/h3-11,17H,12H2,1-2H3. The number of rotatable bonds is 3. The van der Waals surface area contributed by atoms with Gasteiger partial charge in [-0.25, -0.2) is 0 Å². The van der Waals surface area contributed by atoms with Gasteiger partial charge in [0.15, 0.2) is 0 Å². The van der Waals surface area contributed by atoms with Crippen LogP contribution in [0.2, 0.25) is 0 Å². The Bertz CT molecular complexity index is 480. The first kappa shape index (κ1) is 11.9. The minimum Gasteiger partial charge on any atom is -0.390 e. The zero-order chi connectivity index (χ0) is 12.3. The van der Waals surface area contributed by atoms with Gasteiger partial charge in [-0.1, -0.05) is 54.6 Å². The van der Waals surface area contributed by atoms with E-state index in [1.54, 1.807) is 0 Å². The third-order valence-electron chi connectivity index (χ3n) is 2.73. The van der Waals surface area contributed by atoms with E-state index < -0.39 is 5.60 Å². The quantitative estimate of drug-likeness (QED) is 0.846. The Morgan fingerprint density at radius 3 is 2.12 bits per heavy atom. The molecule has 0 radical (unpaired) electrons. The lowest BCUT2D eigenvalue weighted by atomic mass is 9.92. The zero-order valence-electron chi connectivity index (χ0n) is 10.4. The highest BCUT2D eigenvalue weighted by molar-refractivity contribution is 5.67. The Morgan fingerprint density at radius 2 is 1.47 bits per heavy atom. The van der Waals surface area contributed by atoms with Crippen molar-refractivity contribution in [1.82, 2.24) is 0 Å². The van der Waals surface area contributed by atoms with Crippen molar-refractivity contribution in [2.45, 2.75) is 25.9 Å². The molecule has 0 amide bonds. The van der Waals surface area contributed by atoms with Crippen molar-refractivity contribution >= 4 is 0 Å². The van der Waals surface area contributed by atoms with Crippen LogP contribution >= 0.6 is 0 Å². The molecule has 0 bridgehead atoms. The third-order valence-corrected chi connectivity index (χ3v) is 2.73. The molecule has 0 aromatic heterocycles. The Labute approximate surface area is 103 Å². The van der Waals surface area contributed by atoms with Gasteiger partial charge in [0.05, 0.1) is 5.60 Å². The molecule has 0 fully saturated rings. The first-order chi connectivity index (χ1) is 8.06. The van der Waals surface area contributed by atoms with Gasteiger partial charge in [0, 0.05) is 6.42 Å². The van der Waals surface area contributed by atoms with Crippen LogP contribution in [0, 0.1) is 0 Å². The van der Waals surface area contributed by atoms with Crippen LogP contribution in [0.1, 0.15) is 19.4 Å². The average Bonchev–Trinajstić information content (AvgIpc) is 2.29. The van der Waals surface area contributed by atoms with Crippen molar-refractivity contribution in [3.63, 3.8) is 0 Å². The van der Waals surface area contributed by atoms with Gasteiger partial charge in [-0.3, -0.25) is 0 Å². The van der Waals surface area contributed by atoms with Crippen LogP contribution in [0.5, 0.6) is 0 Å². The predicted molar refractivity (Wildman–Crippen MR) is 71.9 cm³/mol. The molecule has 0 aliphatic rings. The predicted octanol–water partition coefficient (Wildman–Crippen LogP) is 3.67. The molecule has 2 aromatic rings. The Morgan fingerprint density at radius 1 is 0.882 bits per heavy atom. The van der Waals surface area contributed by atoms with Crippen LogP contribution in [0.15, 0.2) is 54.6 Å². The summed E-state index contributed by atoms with van der Waals surface area (Å²) in [7, 11) is 0. The van der Waals surface area contributed by atoms with Crippen molar-refractivity contribution in [1.29, 1.82) is 0 Å². The van der Waals surface area contributed by atoms with E-state index in [9.17, 15) is 5.11 Å². The molecule has 0 unspecified atom stereocenters. The molecule has 2 aromatic carbocycles. The first-order valence-electron chi connectivity index (χ1n) is 5.92. The summed E-state index contributed by atoms with van der Waals surface area (Å²) in [5.74, 6) is 0. The van der Waals surface area contributed by atoms with Crippen LogP contribution in [0.3, 0.4) is 0 Å². The molecule has 1 nitrogen and oxygen atoms in total. The average molecular weight is 226 g/mol. The van der Waals surface area contributed by atoms with Gasteiger partial charge < -0.3 is 5.11 Å². The monoisotopic (exact) mass is 226 g/mol. The van der Waals surface area contributed by atoms with Gasteiger partial charge in [-0.2, -0.15) is 0 Å². The van der Waals surface area contributed by atoms with E-state index in [1.165, 1.54) is 16.7 Å². The highest BCUT2D eigenvalue weighted by Crippen LogP contribution is 2.26. The summed E-state index contributed by atoms with van der Waals surface area (Å²) >= 11 is 0. The molecule has 0 heterocycles. The fraction of sp³-hybridized carbons (Fsp3) is 0.250. The van der Waals surface area contributed by atoms with Crippen LogP contribution in [0.4, 0.5) is 0 Å². The van der Waals surface area contributed by atoms with E-state index in [0.717, 1.165) is 0 Å². The minimum absolute atomic E-state index is 0.665. The van der Waals surface area contributed by atoms with Crippen LogP contribution in [-0.2, 0) is 6.42 Å². The van der Waals surface area contributed by atoms with E-state index in [0.29, 0.717) is 6.42 Å². The molecular weight excluding hydrogens is 208 g/mol. The SMILES string of the molecule is CC(C)(O)Cc1ccccc1-c1ccccc1. The van der Waals surface area contributed by atoms with Crippen molar-refractivity contribution in [3.8, 4) is 11.1 Å². The summed E-state index contributed by atoms with van der Waals surface area (Å²) in [5, 5.41) is 9.94. The van der Waals surface area contributed by atoms with Crippen molar-refractivity contribution in [3.05, 3.63) is 60.2 Å². The molecule has 88 valence electrons. The molecule has 0 saturated carbocycles. The fourth-order valence-electron chi connectivity index (χ4n) is 2.04. The lowest BCUT2D eigenvalue weighted by Gasteiger charge is -2.19. The van der Waals surface area contributed by atoms with Crippen LogP contribution in [0.25, 0.3) is 11.1 Å². The minimum atomic E-state index is -0.676. The number of aliphatic hydroxyl groups is 1. The van der Waals surface area contributed by atoms with Crippen molar-refractivity contribution < 1.29 is 5.11 Å². The normalized spacial score (nSPS) is 11.5. The molecule has 1 heteroatoms. The Balaban J connectivity index is 2.41. The van der Waals surface area contributed by atoms with Gasteiger partial charge in [-0.15, -0.1) is 0 Å². The van der Waals surface area contributed by atoms with Gasteiger partial charge in [0.2, 0.25) is 0 Å². The topological polar surface area (TPSA) is 20.2 Å². The van der Waals surface area contributed by atoms with Crippen molar-refractivity contribution in [2.75, 3.05) is 0 Å². The fourth-order valence-corrected chi connectivity index (χ4v) is 2.04. The number of hydrogen-bond acceptors (Lipinski definition) is 1. The maximum absolute atomic E-state index is 9.94. The molecule has 0 aliphatic carbocycles. The summed E-state index contributed by atoms with van der Waals surface area (Å²) in [4.78, 5) is 0. The maximum atomic E-state index is 9.94. The van der Waals surface area contributed by atoms with Gasteiger partial charge in [0.25, 0.3) is 0 Å². The van der Waals surface area contributed by atoms with E-state index in [1.807, 2.05) is 44.2 Å². The molecule has 1 N–H and O–H groups in total. The summed E-state index contributed by atoms with van der Waals surface area (Å²) < 4.78 is 0. The molecule has 0 saturated heterocycles. The lowest BCUT2D eigenvalue weighted by Crippen LogP contribution is -2.22. The molecule has 0 spiro atoms. The molecule has 17 heavy (non-hydrogen) atoms. The number of benzene rings is 2. The maximum Gasteiger partial charge on any atom is 0.0632 e. The van der Waals surface area contributed by atoms with Crippen LogP contribution < -0.4 is 0 Å². The zero-order valence-corrected chi connectivity index (χ0v) is 10.4. The van der Waals surface area contributed by atoms with Gasteiger partial charge in [-0.05, 0) is 30.5 Å². The molecule has 2 rings (SSSR count). The van der Waals surface area contributed by atoms with E-state index in [4.69, 9.17) is 0 Å². The first-order valence-corrected chi connectivity index (χ1v) is 5.92. The second-order valence-electron chi connectivity index (χ2n) is 5.01.